The van der Waals surface area contributed by atoms with Crippen molar-refractivity contribution in [2.24, 2.45) is 0 Å². The van der Waals surface area contributed by atoms with Gasteiger partial charge in [-0.2, -0.15) is 0 Å². The van der Waals surface area contributed by atoms with Crippen LogP contribution in [0.25, 0.3) is 10.2 Å². The van der Waals surface area contributed by atoms with Crippen LogP contribution in [0.5, 0.6) is 0 Å². The Morgan fingerprint density at radius 2 is 2.44 bits per heavy atom. The van der Waals surface area contributed by atoms with Gasteiger partial charge in [0.15, 0.2) is 0 Å². The largest absolute Gasteiger partial charge is 0.392 e. The molecule has 2 heterocycles. The van der Waals surface area contributed by atoms with Crippen molar-refractivity contribution in [2.75, 3.05) is 11.9 Å². The number of aliphatic hydroxyl groups excluding tert-OH is 1. The molecule has 18 heavy (non-hydrogen) atoms. The monoisotopic (exact) mass is 263 g/mol. The first-order chi connectivity index (χ1) is 8.72. The van der Waals surface area contributed by atoms with Gasteiger partial charge in [-0.1, -0.05) is 0 Å². The lowest BCUT2D eigenvalue weighted by molar-refractivity contribution is -0.117. The zero-order valence-electron chi connectivity index (χ0n) is 9.59. The first-order valence-electron chi connectivity index (χ1n) is 5.78. The molecule has 1 aliphatic heterocycles. The van der Waals surface area contributed by atoms with E-state index in [1.54, 1.807) is 16.8 Å². The van der Waals surface area contributed by atoms with Crippen LogP contribution in [0.15, 0.2) is 23.7 Å². The Morgan fingerprint density at radius 1 is 1.56 bits per heavy atom. The Hall–Kier alpha value is -1.50. The minimum absolute atomic E-state index is 0.101. The molecule has 0 aliphatic carbocycles. The van der Waals surface area contributed by atoms with E-state index in [2.05, 4.69) is 15.6 Å². The summed E-state index contributed by atoms with van der Waals surface area (Å²) in [5.41, 5.74) is 3.48. The number of hydrogen-bond acceptors (Lipinski definition) is 5. The highest BCUT2D eigenvalue weighted by atomic mass is 32.1. The number of carbonyl (C=O) groups is 1. The van der Waals surface area contributed by atoms with Gasteiger partial charge in [0, 0.05) is 12.2 Å². The quantitative estimate of drug-likeness (QED) is 0.754. The third-order valence-electron chi connectivity index (χ3n) is 3.02. The molecule has 1 saturated heterocycles. The van der Waals surface area contributed by atoms with Crippen LogP contribution >= 0.6 is 11.3 Å². The number of rotatable bonds is 2. The number of thiazole rings is 1. The summed E-state index contributed by atoms with van der Waals surface area (Å²) in [6, 6.07) is 5.33. The predicted molar refractivity (Wildman–Crippen MR) is 70.7 cm³/mol. The van der Waals surface area contributed by atoms with Crippen LogP contribution in [0.3, 0.4) is 0 Å². The van der Waals surface area contributed by atoms with Crippen molar-refractivity contribution >= 4 is 33.1 Å². The van der Waals surface area contributed by atoms with E-state index in [1.165, 1.54) is 0 Å². The third kappa shape index (κ3) is 2.22. The molecule has 94 valence electrons. The molecule has 2 atom stereocenters. The van der Waals surface area contributed by atoms with Gasteiger partial charge in [-0.3, -0.25) is 4.79 Å². The fourth-order valence-electron chi connectivity index (χ4n) is 2.08. The first-order valence-corrected chi connectivity index (χ1v) is 6.66. The molecule has 3 N–H and O–H groups in total. The van der Waals surface area contributed by atoms with Crippen LogP contribution in [-0.2, 0) is 4.79 Å². The second-order valence-corrected chi connectivity index (χ2v) is 5.26. The molecule has 0 spiro atoms. The minimum atomic E-state index is -0.426. The Morgan fingerprint density at radius 3 is 3.22 bits per heavy atom. The number of carbonyl (C=O) groups excluding carboxylic acids is 1. The van der Waals surface area contributed by atoms with Crippen molar-refractivity contribution < 1.29 is 9.90 Å². The number of fused-ring (bicyclic) bond motifs is 1. The summed E-state index contributed by atoms with van der Waals surface area (Å²) in [5.74, 6) is -0.101. The normalized spacial score (nSPS) is 23.4. The molecule has 3 rings (SSSR count). The fourth-order valence-corrected chi connectivity index (χ4v) is 2.80. The SMILES string of the molecule is O=C(Nc1ccc2ncsc2c1)C1CC(O)CN1. The Balaban J connectivity index is 1.73. The smallest absolute Gasteiger partial charge is 0.241 e. The lowest BCUT2D eigenvalue weighted by Gasteiger charge is -2.10. The van der Waals surface area contributed by atoms with E-state index in [-0.39, 0.29) is 11.9 Å². The average Bonchev–Trinajstić information content (AvgIpc) is 2.96. The van der Waals surface area contributed by atoms with Crippen molar-refractivity contribution in [1.29, 1.82) is 0 Å². The minimum Gasteiger partial charge on any atom is -0.392 e. The van der Waals surface area contributed by atoms with Gasteiger partial charge in [0.25, 0.3) is 0 Å². The number of β-amino-alcohol motifs (C(OH)–C–C–N with tert-alkyl or cyclic N) is 1. The van der Waals surface area contributed by atoms with Crippen LogP contribution in [0.4, 0.5) is 5.69 Å². The van der Waals surface area contributed by atoms with Crippen molar-refractivity contribution in [3.63, 3.8) is 0 Å². The molecule has 1 aliphatic rings. The summed E-state index contributed by atoms with van der Waals surface area (Å²) in [4.78, 5) is 16.1. The number of benzene rings is 1. The van der Waals surface area contributed by atoms with Crippen LogP contribution in [-0.4, -0.2) is 34.7 Å². The van der Waals surface area contributed by atoms with Crippen LogP contribution in [0, 0.1) is 0 Å². The Bertz CT molecular complexity index is 583. The number of hydrogen-bond donors (Lipinski definition) is 3. The standard InChI is InChI=1S/C12H13N3O2S/c16-8-4-10(13-5-8)12(17)15-7-1-2-9-11(3-7)18-6-14-9/h1-3,6,8,10,13,16H,4-5H2,(H,15,17). The van der Waals surface area contributed by atoms with Crippen molar-refractivity contribution in [2.45, 2.75) is 18.6 Å². The highest BCUT2D eigenvalue weighted by Crippen LogP contribution is 2.22. The zero-order chi connectivity index (χ0) is 12.5. The molecule has 5 nitrogen and oxygen atoms in total. The van der Waals surface area contributed by atoms with Gasteiger partial charge in [-0.15, -0.1) is 11.3 Å². The maximum absolute atomic E-state index is 11.9. The van der Waals surface area contributed by atoms with Gasteiger partial charge in [0.1, 0.15) is 0 Å². The van der Waals surface area contributed by atoms with Gasteiger partial charge < -0.3 is 15.7 Å². The highest BCUT2D eigenvalue weighted by molar-refractivity contribution is 7.16. The van der Waals surface area contributed by atoms with Crippen LogP contribution in [0.1, 0.15) is 6.42 Å². The Kier molecular flexibility index (Phi) is 2.99. The van der Waals surface area contributed by atoms with Gasteiger partial charge in [-0.25, -0.2) is 4.98 Å². The maximum atomic E-state index is 11.9. The van der Waals surface area contributed by atoms with E-state index < -0.39 is 6.10 Å². The Labute approximate surface area is 108 Å². The lowest BCUT2D eigenvalue weighted by Crippen LogP contribution is -2.35. The summed E-state index contributed by atoms with van der Waals surface area (Å²) in [7, 11) is 0. The molecule has 0 bridgehead atoms. The van der Waals surface area contributed by atoms with Gasteiger partial charge in [0.05, 0.1) is 27.9 Å². The first kappa shape index (κ1) is 11.6. The van der Waals surface area contributed by atoms with Gasteiger partial charge >= 0.3 is 0 Å². The average molecular weight is 263 g/mol. The van der Waals surface area contributed by atoms with Crippen LogP contribution in [0.2, 0.25) is 0 Å². The summed E-state index contributed by atoms with van der Waals surface area (Å²) >= 11 is 1.54. The number of aliphatic hydroxyl groups is 1. The molecule has 1 fully saturated rings. The van der Waals surface area contributed by atoms with E-state index in [9.17, 15) is 9.90 Å². The third-order valence-corrected chi connectivity index (χ3v) is 3.81. The topological polar surface area (TPSA) is 74.2 Å². The van der Waals surface area contributed by atoms with Crippen molar-refractivity contribution in [3.8, 4) is 0 Å². The number of anilines is 1. The molecule has 0 radical (unpaired) electrons. The van der Waals surface area contributed by atoms with E-state index in [1.807, 2.05) is 18.2 Å². The van der Waals surface area contributed by atoms with E-state index in [0.717, 1.165) is 15.9 Å². The predicted octanol–water partition coefficient (Wildman–Crippen LogP) is 0.958. The molecule has 1 aromatic carbocycles. The molecule has 1 aromatic heterocycles. The van der Waals surface area contributed by atoms with Gasteiger partial charge in [-0.05, 0) is 24.6 Å². The maximum Gasteiger partial charge on any atom is 0.241 e. The summed E-state index contributed by atoms with van der Waals surface area (Å²) in [6.45, 7) is 0.478. The number of amides is 1. The molecule has 0 saturated carbocycles. The van der Waals surface area contributed by atoms with Crippen LogP contribution < -0.4 is 10.6 Å². The van der Waals surface area contributed by atoms with Crippen molar-refractivity contribution in [3.05, 3.63) is 23.7 Å². The van der Waals surface area contributed by atoms with E-state index in [0.29, 0.717) is 13.0 Å². The highest BCUT2D eigenvalue weighted by Gasteiger charge is 2.27. The summed E-state index contributed by atoms with van der Waals surface area (Å²) in [5, 5.41) is 15.2. The number of aromatic nitrogens is 1. The lowest BCUT2D eigenvalue weighted by atomic mass is 10.2. The summed E-state index contributed by atoms with van der Waals surface area (Å²) in [6.07, 6.45) is 0.0407. The van der Waals surface area contributed by atoms with E-state index in [4.69, 9.17) is 0 Å². The second-order valence-electron chi connectivity index (χ2n) is 4.37. The zero-order valence-corrected chi connectivity index (χ0v) is 10.4. The molecular formula is C12H13N3O2S. The molecule has 2 aromatic rings. The fraction of sp³-hybridized carbons (Fsp3) is 0.333. The van der Waals surface area contributed by atoms with Gasteiger partial charge in [0.2, 0.25) is 5.91 Å². The molecular weight excluding hydrogens is 250 g/mol. The number of nitrogens with zero attached hydrogens (tertiary/aromatic N) is 1. The summed E-state index contributed by atoms with van der Waals surface area (Å²) < 4.78 is 1.05. The number of nitrogens with one attached hydrogen (secondary N) is 2. The molecule has 1 amide bonds. The van der Waals surface area contributed by atoms with E-state index >= 15 is 0 Å². The molecule has 6 heteroatoms. The van der Waals surface area contributed by atoms with Crippen molar-refractivity contribution in [1.82, 2.24) is 10.3 Å². The second kappa shape index (κ2) is 4.64. The molecule has 2 unspecified atom stereocenters.